The van der Waals surface area contributed by atoms with Gasteiger partial charge < -0.3 is 14.5 Å². The summed E-state index contributed by atoms with van der Waals surface area (Å²) in [5.41, 5.74) is 0.693. The normalized spacial score (nSPS) is 21.3. The van der Waals surface area contributed by atoms with Crippen molar-refractivity contribution in [2.45, 2.75) is 37.8 Å². The molecule has 0 unspecified atom stereocenters. The Morgan fingerprint density at radius 1 is 1.23 bits per heavy atom. The van der Waals surface area contributed by atoms with Crippen LogP contribution < -0.4 is 0 Å². The standard InChI is InChI=1S/C17H25N3O2/c1-19(16-6-11-22-12-7-16)15-4-9-20(10-5-15)17(21)14-3-2-8-18-13-14/h2-3,8,13,15-16H,4-7,9-12H2,1H3. The molecule has 0 aromatic carbocycles. The molecule has 3 rings (SSSR count). The van der Waals surface area contributed by atoms with Crippen LogP contribution in [0.1, 0.15) is 36.0 Å². The quantitative estimate of drug-likeness (QED) is 0.854. The van der Waals surface area contributed by atoms with E-state index in [1.807, 2.05) is 17.0 Å². The Bertz CT molecular complexity index is 480. The Morgan fingerprint density at radius 2 is 1.91 bits per heavy atom. The minimum Gasteiger partial charge on any atom is -0.381 e. The molecule has 1 aromatic rings. The maximum Gasteiger partial charge on any atom is 0.255 e. The summed E-state index contributed by atoms with van der Waals surface area (Å²) in [5.74, 6) is 0.111. The predicted octanol–water partition coefficient (Wildman–Crippen LogP) is 1.80. The number of ether oxygens (including phenoxy) is 1. The lowest BCUT2D eigenvalue weighted by Crippen LogP contribution is -2.49. The topological polar surface area (TPSA) is 45.7 Å². The van der Waals surface area contributed by atoms with Crippen molar-refractivity contribution in [2.24, 2.45) is 0 Å². The molecule has 120 valence electrons. The number of amides is 1. The van der Waals surface area contributed by atoms with Gasteiger partial charge in [-0.1, -0.05) is 0 Å². The van der Waals surface area contributed by atoms with Gasteiger partial charge in [0.2, 0.25) is 0 Å². The lowest BCUT2D eigenvalue weighted by atomic mass is 9.98. The second-order valence-corrected chi connectivity index (χ2v) is 6.27. The van der Waals surface area contributed by atoms with Crippen LogP contribution in [0.2, 0.25) is 0 Å². The summed E-state index contributed by atoms with van der Waals surface area (Å²) in [4.78, 5) is 21.0. The lowest BCUT2D eigenvalue weighted by molar-refractivity contribution is 0.0152. The van der Waals surface area contributed by atoms with E-state index < -0.39 is 0 Å². The van der Waals surface area contributed by atoms with Gasteiger partial charge in [0.15, 0.2) is 0 Å². The summed E-state index contributed by atoms with van der Waals surface area (Å²) in [5, 5.41) is 0. The van der Waals surface area contributed by atoms with Crippen LogP contribution in [0.4, 0.5) is 0 Å². The van der Waals surface area contributed by atoms with Gasteiger partial charge in [-0.15, -0.1) is 0 Å². The number of nitrogens with zero attached hydrogens (tertiary/aromatic N) is 3. The van der Waals surface area contributed by atoms with Crippen molar-refractivity contribution in [1.29, 1.82) is 0 Å². The van der Waals surface area contributed by atoms with Gasteiger partial charge in [0.1, 0.15) is 0 Å². The van der Waals surface area contributed by atoms with Crippen molar-refractivity contribution >= 4 is 5.91 Å². The average molecular weight is 303 g/mol. The Kier molecular flexibility index (Phi) is 5.05. The predicted molar refractivity (Wildman–Crippen MR) is 84.8 cm³/mol. The number of piperidine rings is 1. The first kappa shape index (κ1) is 15.4. The Morgan fingerprint density at radius 3 is 2.55 bits per heavy atom. The van der Waals surface area contributed by atoms with Crippen molar-refractivity contribution < 1.29 is 9.53 Å². The molecule has 22 heavy (non-hydrogen) atoms. The summed E-state index contributed by atoms with van der Waals surface area (Å²) in [7, 11) is 2.24. The smallest absolute Gasteiger partial charge is 0.255 e. The molecular weight excluding hydrogens is 278 g/mol. The van der Waals surface area contributed by atoms with Gasteiger partial charge in [0.05, 0.1) is 5.56 Å². The fraction of sp³-hybridized carbons (Fsp3) is 0.647. The number of hydrogen-bond donors (Lipinski definition) is 0. The largest absolute Gasteiger partial charge is 0.381 e. The molecule has 5 heteroatoms. The van der Waals surface area contributed by atoms with E-state index in [4.69, 9.17) is 4.74 Å². The SMILES string of the molecule is CN(C1CCOCC1)C1CCN(C(=O)c2cccnc2)CC1. The lowest BCUT2D eigenvalue weighted by Gasteiger charge is -2.41. The Labute approximate surface area is 132 Å². The van der Waals surface area contributed by atoms with Crippen molar-refractivity contribution in [1.82, 2.24) is 14.8 Å². The number of carbonyl (C=O) groups is 1. The van der Waals surface area contributed by atoms with Gasteiger partial charge >= 0.3 is 0 Å². The number of carbonyl (C=O) groups excluding carboxylic acids is 1. The van der Waals surface area contributed by atoms with Gasteiger partial charge in [0, 0.05) is 50.8 Å². The Hall–Kier alpha value is -1.46. The van der Waals surface area contributed by atoms with Crippen LogP contribution in [0.25, 0.3) is 0 Å². The summed E-state index contributed by atoms with van der Waals surface area (Å²) >= 11 is 0. The van der Waals surface area contributed by atoms with Crippen LogP contribution >= 0.6 is 0 Å². The van der Waals surface area contributed by atoms with Crippen LogP contribution in [-0.4, -0.2) is 66.1 Å². The molecule has 2 aliphatic heterocycles. The van der Waals surface area contributed by atoms with Gasteiger partial charge in [-0.05, 0) is 44.9 Å². The van der Waals surface area contributed by atoms with E-state index in [2.05, 4.69) is 16.9 Å². The molecule has 0 atom stereocenters. The number of pyridine rings is 1. The summed E-state index contributed by atoms with van der Waals surface area (Å²) < 4.78 is 5.45. The van der Waals surface area contributed by atoms with Crippen LogP contribution in [0.5, 0.6) is 0 Å². The molecule has 0 N–H and O–H groups in total. The number of aromatic nitrogens is 1. The molecule has 5 nitrogen and oxygen atoms in total. The monoisotopic (exact) mass is 303 g/mol. The summed E-state index contributed by atoms with van der Waals surface area (Å²) in [6, 6.07) is 4.88. The van der Waals surface area contributed by atoms with Crippen LogP contribution in [0.3, 0.4) is 0 Å². The molecule has 3 heterocycles. The average Bonchev–Trinajstić information content (AvgIpc) is 2.62. The minimum absolute atomic E-state index is 0.111. The number of hydrogen-bond acceptors (Lipinski definition) is 4. The van der Waals surface area contributed by atoms with Crippen molar-refractivity contribution in [3.63, 3.8) is 0 Å². The molecule has 0 saturated carbocycles. The zero-order valence-electron chi connectivity index (χ0n) is 13.3. The van der Waals surface area contributed by atoms with Gasteiger partial charge in [-0.2, -0.15) is 0 Å². The first-order chi connectivity index (χ1) is 10.8. The van der Waals surface area contributed by atoms with E-state index in [1.165, 1.54) is 0 Å². The van der Waals surface area contributed by atoms with Crippen molar-refractivity contribution in [3.05, 3.63) is 30.1 Å². The fourth-order valence-corrected chi connectivity index (χ4v) is 3.54. The van der Waals surface area contributed by atoms with Gasteiger partial charge in [-0.3, -0.25) is 9.78 Å². The highest BCUT2D eigenvalue weighted by molar-refractivity contribution is 5.93. The molecule has 0 bridgehead atoms. The molecule has 1 aromatic heterocycles. The zero-order valence-corrected chi connectivity index (χ0v) is 13.3. The molecule has 2 saturated heterocycles. The van der Waals surface area contributed by atoms with E-state index in [9.17, 15) is 4.79 Å². The van der Waals surface area contributed by atoms with Gasteiger partial charge in [0.25, 0.3) is 5.91 Å². The van der Waals surface area contributed by atoms with Crippen LogP contribution in [0.15, 0.2) is 24.5 Å². The molecular formula is C17H25N3O2. The van der Waals surface area contributed by atoms with Crippen molar-refractivity contribution in [2.75, 3.05) is 33.4 Å². The van der Waals surface area contributed by atoms with E-state index in [1.54, 1.807) is 12.4 Å². The maximum atomic E-state index is 12.4. The van der Waals surface area contributed by atoms with Crippen LogP contribution in [0, 0.1) is 0 Å². The third-order valence-electron chi connectivity index (χ3n) is 5.00. The summed E-state index contributed by atoms with van der Waals surface area (Å²) in [6.45, 7) is 3.44. The molecule has 0 aliphatic carbocycles. The zero-order chi connectivity index (χ0) is 15.4. The number of rotatable bonds is 3. The molecule has 2 aliphatic rings. The van der Waals surface area contributed by atoms with Crippen LogP contribution in [-0.2, 0) is 4.74 Å². The van der Waals surface area contributed by atoms with Crippen molar-refractivity contribution in [3.8, 4) is 0 Å². The fourth-order valence-electron chi connectivity index (χ4n) is 3.54. The highest BCUT2D eigenvalue weighted by Gasteiger charge is 2.29. The molecule has 2 fully saturated rings. The Balaban J connectivity index is 1.52. The molecule has 0 spiro atoms. The summed E-state index contributed by atoms with van der Waals surface area (Å²) in [6.07, 6.45) is 7.73. The molecule has 1 amide bonds. The third-order valence-corrected chi connectivity index (χ3v) is 5.00. The first-order valence-electron chi connectivity index (χ1n) is 8.24. The van der Waals surface area contributed by atoms with E-state index in [0.29, 0.717) is 17.6 Å². The second-order valence-electron chi connectivity index (χ2n) is 6.27. The first-order valence-corrected chi connectivity index (χ1v) is 8.24. The van der Waals surface area contributed by atoms with E-state index >= 15 is 0 Å². The van der Waals surface area contributed by atoms with E-state index in [-0.39, 0.29) is 5.91 Å². The minimum atomic E-state index is 0.111. The number of likely N-dealkylation sites (tertiary alicyclic amines) is 1. The molecule has 0 radical (unpaired) electrons. The highest BCUT2D eigenvalue weighted by Crippen LogP contribution is 2.22. The maximum absolute atomic E-state index is 12.4. The third kappa shape index (κ3) is 3.47. The second kappa shape index (κ2) is 7.20. The highest BCUT2D eigenvalue weighted by atomic mass is 16.5. The van der Waals surface area contributed by atoms with E-state index in [0.717, 1.165) is 52.0 Å². The van der Waals surface area contributed by atoms with Gasteiger partial charge in [-0.25, -0.2) is 0 Å².